The quantitative estimate of drug-likeness (QED) is 0.725. The van der Waals surface area contributed by atoms with Gasteiger partial charge in [0.25, 0.3) is 5.91 Å². The molecule has 0 aliphatic heterocycles. The molecule has 1 amide bonds. The Bertz CT molecular complexity index is 510. The van der Waals surface area contributed by atoms with Crippen molar-refractivity contribution in [2.24, 2.45) is 5.92 Å². The van der Waals surface area contributed by atoms with Crippen molar-refractivity contribution in [2.75, 3.05) is 18.1 Å². The van der Waals surface area contributed by atoms with Crippen LogP contribution in [0.25, 0.3) is 0 Å². The summed E-state index contributed by atoms with van der Waals surface area (Å²) in [6.07, 6.45) is 1.08. The smallest absolute Gasteiger partial charge is 0.256 e. The van der Waals surface area contributed by atoms with E-state index >= 15 is 0 Å². The number of anilines is 2. The number of hydrogen-bond donors (Lipinski definition) is 3. The number of Topliss-reactive ketones (excluding diaryl/α,β-unsaturated/α-hetero) is 1. The Morgan fingerprint density at radius 3 is 2.50 bits per heavy atom. The number of carbonyl (C=O) groups is 2. The van der Waals surface area contributed by atoms with Crippen LogP contribution in [-0.2, 0) is 0 Å². The van der Waals surface area contributed by atoms with Crippen LogP contribution in [0, 0.1) is 5.92 Å². The number of rotatable bonds is 4. The van der Waals surface area contributed by atoms with Gasteiger partial charge in [-0.15, -0.1) is 11.3 Å². The number of amides is 1. The number of hydrogen-bond acceptors (Lipinski definition) is 5. The normalized spacial score (nSPS) is 21.5. The van der Waals surface area contributed by atoms with Crippen molar-refractivity contribution < 1.29 is 9.59 Å². The third-order valence-corrected chi connectivity index (χ3v) is 4.38. The van der Waals surface area contributed by atoms with E-state index in [0.717, 1.165) is 6.42 Å². The van der Waals surface area contributed by atoms with Gasteiger partial charge in [0.05, 0.1) is 16.1 Å². The zero-order valence-corrected chi connectivity index (χ0v) is 11.5. The molecule has 6 heteroatoms. The molecule has 1 fully saturated rings. The van der Waals surface area contributed by atoms with Crippen molar-refractivity contribution >= 4 is 33.7 Å². The maximum Gasteiger partial charge on any atom is 0.256 e. The minimum atomic E-state index is -0.257. The fraction of sp³-hybridized carbons (Fsp3) is 0.500. The van der Waals surface area contributed by atoms with Crippen LogP contribution in [0.15, 0.2) is 0 Å². The lowest BCUT2D eigenvalue weighted by molar-refractivity contribution is 0.0965. The molecular formula is C12H17N3O2S. The van der Waals surface area contributed by atoms with Crippen molar-refractivity contribution in [1.29, 1.82) is 0 Å². The second kappa shape index (κ2) is 4.61. The van der Waals surface area contributed by atoms with Gasteiger partial charge in [0.2, 0.25) is 0 Å². The van der Waals surface area contributed by atoms with Crippen molar-refractivity contribution in [1.82, 2.24) is 5.32 Å². The number of nitrogen functional groups attached to an aromatic ring is 1. The molecule has 5 nitrogen and oxygen atoms in total. The van der Waals surface area contributed by atoms with E-state index in [1.165, 1.54) is 18.3 Å². The average Bonchev–Trinajstić information content (AvgIpc) is 2.88. The van der Waals surface area contributed by atoms with Gasteiger partial charge in [-0.1, -0.05) is 6.92 Å². The fourth-order valence-corrected chi connectivity index (χ4v) is 2.92. The molecule has 0 radical (unpaired) electrons. The zero-order valence-electron chi connectivity index (χ0n) is 10.7. The van der Waals surface area contributed by atoms with E-state index in [0.29, 0.717) is 27.4 Å². The van der Waals surface area contributed by atoms with Crippen LogP contribution in [0.4, 0.5) is 10.7 Å². The van der Waals surface area contributed by atoms with Gasteiger partial charge in [0.15, 0.2) is 5.78 Å². The monoisotopic (exact) mass is 267 g/mol. The Morgan fingerprint density at radius 1 is 1.44 bits per heavy atom. The van der Waals surface area contributed by atoms with Crippen molar-refractivity contribution in [3.05, 3.63) is 10.4 Å². The molecule has 0 aromatic carbocycles. The SMILES string of the molecule is CNC(=O)c1c(NC2CC2C)sc(C(C)=O)c1N. The zero-order chi connectivity index (χ0) is 13.4. The predicted octanol–water partition coefficient (Wildman–Crippen LogP) is 1.71. The van der Waals surface area contributed by atoms with Gasteiger partial charge < -0.3 is 16.4 Å². The third-order valence-electron chi connectivity index (χ3n) is 3.14. The first-order chi connectivity index (χ1) is 8.45. The molecule has 2 atom stereocenters. The highest BCUT2D eigenvalue weighted by molar-refractivity contribution is 7.19. The third kappa shape index (κ3) is 2.20. The van der Waals surface area contributed by atoms with Gasteiger partial charge in [0, 0.05) is 20.0 Å². The Balaban J connectivity index is 2.39. The molecule has 1 aliphatic rings. The Morgan fingerprint density at radius 2 is 2.06 bits per heavy atom. The van der Waals surface area contributed by atoms with Crippen molar-refractivity contribution in [2.45, 2.75) is 26.3 Å². The number of thiophene rings is 1. The summed E-state index contributed by atoms with van der Waals surface area (Å²) >= 11 is 1.26. The number of carbonyl (C=O) groups excluding carboxylic acids is 2. The summed E-state index contributed by atoms with van der Waals surface area (Å²) in [5.41, 5.74) is 6.58. The second-order valence-corrected chi connectivity index (χ2v) is 5.67. The molecule has 1 aromatic heterocycles. The molecule has 2 unspecified atom stereocenters. The second-order valence-electron chi connectivity index (χ2n) is 4.65. The fourth-order valence-electron chi connectivity index (χ4n) is 1.85. The summed E-state index contributed by atoms with van der Waals surface area (Å²) in [5.74, 6) is 0.234. The van der Waals surface area contributed by atoms with Gasteiger partial charge >= 0.3 is 0 Å². The highest BCUT2D eigenvalue weighted by Crippen LogP contribution is 2.40. The van der Waals surface area contributed by atoms with Crippen LogP contribution in [-0.4, -0.2) is 24.8 Å². The highest BCUT2D eigenvalue weighted by atomic mass is 32.1. The standard InChI is InChI=1S/C12H17N3O2S/c1-5-4-7(5)15-12-8(11(17)14-3)9(13)10(18-12)6(2)16/h5,7,15H,4,13H2,1-3H3,(H,14,17). The summed E-state index contributed by atoms with van der Waals surface area (Å²) < 4.78 is 0. The molecule has 1 saturated carbocycles. The lowest BCUT2D eigenvalue weighted by Crippen LogP contribution is -2.20. The van der Waals surface area contributed by atoms with E-state index in [4.69, 9.17) is 5.73 Å². The molecule has 0 saturated heterocycles. The van der Waals surface area contributed by atoms with Crippen LogP contribution in [0.5, 0.6) is 0 Å². The Kier molecular flexibility index (Phi) is 3.30. The molecule has 18 heavy (non-hydrogen) atoms. The topological polar surface area (TPSA) is 84.2 Å². The number of nitrogens with two attached hydrogens (primary N) is 1. The largest absolute Gasteiger partial charge is 0.397 e. The minimum Gasteiger partial charge on any atom is -0.397 e. The van der Waals surface area contributed by atoms with Crippen molar-refractivity contribution in [3.63, 3.8) is 0 Å². The molecule has 0 spiro atoms. The van der Waals surface area contributed by atoms with Gasteiger partial charge in [0.1, 0.15) is 5.00 Å². The summed E-state index contributed by atoms with van der Waals surface area (Å²) in [6, 6.07) is 0.381. The summed E-state index contributed by atoms with van der Waals surface area (Å²) in [5, 5.41) is 6.55. The first-order valence-corrected chi connectivity index (χ1v) is 6.69. The first-order valence-electron chi connectivity index (χ1n) is 5.87. The van der Waals surface area contributed by atoms with Gasteiger partial charge in [-0.05, 0) is 12.3 Å². The van der Waals surface area contributed by atoms with Gasteiger partial charge in [-0.25, -0.2) is 0 Å². The lowest BCUT2D eigenvalue weighted by Gasteiger charge is -2.06. The average molecular weight is 267 g/mol. The molecule has 4 N–H and O–H groups in total. The molecule has 0 bridgehead atoms. The number of nitrogens with one attached hydrogen (secondary N) is 2. The lowest BCUT2D eigenvalue weighted by atomic mass is 10.2. The van der Waals surface area contributed by atoms with Crippen LogP contribution < -0.4 is 16.4 Å². The van der Waals surface area contributed by atoms with E-state index in [9.17, 15) is 9.59 Å². The van der Waals surface area contributed by atoms with Gasteiger partial charge in [-0.3, -0.25) is 9.59 Å². The summed E-state index contributed by atoms with van der Waals surface area (Å²) in [4.78, 5) is 23.8. The summed E-state index contributed by atoms with van der Waals surface area (Å²) in [7, 11) is 1.55. The maximum atomic E-state index is 11.8. The van der Waals surface area contributed by atoms with Crippen LogP contribution in [0.1, 0.15) is 40.3 Å². The van der Waals surface area contributed by atoms with E-state index in [-0.39, 0.29) is 17.4 Å². The van der Waals surface area contributed by atoms with E-state index in [2.05, 4.69) is 17.6 Å². The van der Waals surface area contributed by atoms with Crippen LogP contribution >= 0.6 is 11.3 Å². The molecular weight excluding hydrogens is 250 g/mol. The molecule has 1 heterocycles. The number of ketones is 1. The van der Waals surface area contributed by atoms with Crippen molar-refractivity contribution in [3.8, 4) is 0 Å². The van der Waals surface area contributed by atoms with E-state index in [1.54, 1.807) is 7.05 Å². The predicted molar refractivity (Wildman–Crippen MR) is 73.3 cm³/mol. The Labute approximate surface area is 110 Å². The van der Waals surface area contributed by atoms with E-state index in [1.807, 2.05) is 0 Å². The Hall–Kier alpha value is -1.56. The molecule has 1 aliphatic carbocycles. The minimum absolute atomic E-state index is 0.112. The van der Waals surface area contributed by atoms with Crippen LogP contribution in [0.3, 0.4) is 0 Å². The van der Waals surface area contributed by atoms with Crippen LogP contribution in [0.2, 0.25) is 0 Å². The molecule has 1 aromatic rings. The van der Waals surface area contributed by atoms with Gasteiger partial charge in [-0.2, -0.15) is 0 Å². The molecule has 2 rings (SSSR count). The maximum absolute atomic E-state index is 11.8. The molecule has 98 valence electrons. The summed E-state index contributed by atoms with van der Waals surface area (Å²) in [6.45, 7) is 3.60. The highest BCUT2D eigenvalue weighted by Gasteiger charge is 2.35. The first kappa shape index (κ1) is 12.9. The van der Waals surface area contributed by atoms with E-state index < -0.39 is 0 Å².